The van der Waals surface area contributed by atoms with Crippen molar-refractivity contribution in [1.82, 2.24) is 4.90 Å². The van der Waals surface area contributed by atoms with Crippen LogP contribution >= 0.6 is 11.8 Å². The monoisotopic (exact) mass is 392 g/mol. The van der Waals surface area contributed by atoms with Gasteiger partial charge in [0.1, 0.15) is 11.9 Å². The number of esters is 1. The maximum Gasteiger partial charge on any atom is 0.328 e. The number of thioether (sulfide) groups is 1. The van der Waals surface area contributed by atoms with Crippen LogP contribution in [0.25, 0.3) is 6.08 Å². The molecule has 1 atom stereocenters. The molecule has 27 heavy (non-hydrogen) atoms. The van der Waals surface area contributed by atoms with E-state index in [1.54, 1.807) is 12.1 Å². The normalized spacial score (nSPS) is 20.3. The molecule has 0 aromatic heterocycles. The molecule has 3 rings (SSSR count). The third-order valence-corrected chi connectivity index (χ3v) is 5.60. The Balaban J connectivity index is 1.80. The van der Waals surface area contributed by atoms with Gasteiger partial charge in [0, 0.05) is 13.1 Å². The summed E-state index contributed by atoms with van der Waals surface area (Å²) in [5.74, 6) is -1.60. The number of nitrogens with zero attached hydrogens (tertiary/aromatic N) is 2. The number of amides is 2. The van der Waals surface area contributed by atoms with Crippen molar-refractivity contribution in [2.24, 2.45) is 0 Å². The Morgan fingerprint density at radius 2 is 1.96 bits per heavy atom. The van der Waals surface area contributed by atoms with Crippen LogP contribution in [0.5, 0.6) is 0 Å². The molecule has 0 N–H and O–H groups in total. The molecule has 0 spiro atoms. The Morgan fingerprint density at radius 3 is 2.59 bits per heavy atom. The summed E-state index contributed by atoms with van der Waals surface area (Å²) in [5.41, 5.74) is 1.05. The van der Waals surface area contributed by atoms with Crippen molar-refractivity contribution in [2.75, 3.05) is 25.1 Å². The quantitative estimate of drug-likeness (QED) is 0.578. The lowest BCUT2D eigenvalue weighted by atomic mass is 10.1. The summed E-state index contributed by atoms with van der Waals surface area (Å²) in [7, 11) is 1.19. The first kappa shape index (κ1) is 19.4. The zero-order chi connectivity index (χ0) is 19.6. The van der Waals surface area contributed by atoms with Gasteiger partial charge in [-0.15, -0.1) is 0 Å². The molecule has 2 fully saturated rings. The van der Waals surface area contributed by atoms with E-state index >= 15 is 0 Å². The Bertz CT molecular complexity index is 805. The molecule has 2 aliphatic rings. The number of ether oxygens (including phenoxy) is 1. The summed E-state index contributed by atoms with van der Waals surface area (Å²) in [6.07, 6.45) is 4.73. The van der Waals surface area contributed by atoms with Gasteiger partial charge in [-0.2, -0.15) is 0 Å². The van der Waals surface area contributed by atoms with Gasteiger partial charge in [0.15, 0.2) is 0 Å². The maximum absolute atomic E-state index is 14.5. The number of hydrogen-bond donors (Lipinski definition) is 0. The molecule has 0 radical (unpaired) electrons. The molecule has 1 aromatic carbocycles. The van der Waals surface area contributed by atoms with Gasteiger partial charge in [0.25, 0.3) is 11.1 Å². The zero-order valence-corrected chi connectivity index (χ0v) is 16.1. The first-order valence-corrected chi connectivity index (χ1v) is 9.63. The highest BCUT2D eigenvalue weighted by molar-refractivity contribution is 8.18. The molecule has 0 unspecified atom stereocenters. The molecule has 1 aromatic rings. The minimum absolute atomic E-state index is 0.154. The number of halogens is 1. The van der Waals surface area contributed by atoms with E-state index in [-0.39, 0.29) is 10.7 Å². The summed E-state index contributed by atoms with van der Waals surface area (Å²) < 4.78 is 19.1. The molecule has 0 bridgehead atoms. The predicted octanol–water partition coefficient (Wildman–Crippen LogP) is 3.41. The zero-order valence-electron chi connectivity index (χ0n) is 15.2. The molecule has 2 heterocycles. The van der Waals surface area contributed by atoms with Crippen molar-refractivity contribution < 1.29 is 23.5 Å². The van der Waals surface area contributed by atoms with E-state index in [1.807, 2.05) is 4.90 Å². The number of carbonyl (C=O) groups excluding carboxylic acids is 3. The standard InChI is InChI=1S/C19H21FN2O4S/c1-12(18(24)26-2)22-17(23)16(27-19(22)25)11-13-6-7-15(14(20)10-13)21-8-4-3-5-9-21/h6-7,10-12H,3-5,8-9H2,1-2H3/b16-11+/t12-/m0/s1. The minimum Gasteiger partial charge on any atom is -0.467 e. The van der Waals surface area contributed by atoms with Gasteiger partial charge in [-0.1, -0.05) is 6.07 Å². The summed E-state index contributed by atoms with van der Waals surface area (Å²) in [5, 5.41) is -0.547. The third-order valence-electron chi connectivity index (χ3n) is 4.72. The highest BCUT2D eigenvalue weighted by Crippen LogP contribution is 2.34. The number of anilines is 1. The van der Waals surface area contributed by atoms with E-state index in [9.17, 15) is 18.8 Å². The SMILES string of the molecule is COC(=O)[C@H](C)N1C(=O)S/C(=C/c2ccc(N3CCCCC3)c(F)c2)C1=O. The topological polar surface area (TPSA) is 66.9 Å². The average Bonchev–Trinajstić information content (AvgIpc) is 2.94. The van der Waals surface area contributed by atoms with Crippen molar-refractivity contribution in [3.05, 3.63) is 34.5 Å². The molecule has 2 aliphatic heterocycles. The lowest BCUT2D eigenvalue weighted by Crippen LogP contribution is -2.42. The Labute approximate surface area is 161 Å². The van der Waals surface area contributed by atoms with E-state index in [4.69, 9.17) is 0 Å². The molecule has 8 heteroatoms. The van der Waals surface area contributed by atoms with E-state index < -0.39 is 23.2 Å². The van der Waals surface area contributed by atoms with Gasteiger partial charge in [-0.25, -0.2) is 9.18 Å². The number of carbonyl (C=O) groups is 3. The second-order valence-electron chi connectivity index (χ2n) is 6.51. The number of hydrogen-bond acceptors (Lipinski definition) is 6. The van der Waals surface area contributed by atoms with Crippen LogP contribution in [0.15, 0.2) is 23.1 Å². The fourth-order valence-electron chi connectivity index (χ4n) is 3.25. The van der Waals surface area contributed by atoms with Gasteiger partial charge in [0.2, 0.25) is 0 Å². The lowest BCUT2D eigenvalue weighted by molar-refractivity contribution is -0.148. The number of methoxy groups -OCH3 is 1. The van der Waals surface area contributed by atoms with Crippen LogP contribution in [-0.2, 0) is 14.3 Å². The Kier molecular flexibility index (Phi) is 5.84. The smallest absolute Gasteiger partial charge is 0.328 e. The number of benzene rings is 1. The Morgan fingerprint density at radius 1 is 1.26 bits per heavy atom. The second-order valence-corrected chi connectivity index (χ2v) is 7.50. The van der Waals surface area contributed by atoms with Crippen molar-refractivity contribution in [2.45, 2.75) is 32.2 Å². The molecule has 2 amide bonds. The molecule has 6 nitrogen and oxygen atoms in total. The van der Waals surface area contributed by atoms with Gasteiger partial charge < -0.3 is 9.64 Å². The largest absolute Gasteiger partial charge is 0.467 e. The van der Waals surface area contributed by atoms with Gasteiger partial charge >= 0.3 is 5.97 Å². The highest BCUT2D eigenvalue weighted by atomic mass is 32.2. The third kappa shape index (κ3) is 4.00. The molecule has 0 aliphatic carbocycles. The van der Waals surface area contributed by atoms with Gasteiger partial charge in [0.05, 0.1) is 17.7 Å². The van der Waals surface area contributed by atoms with Crippen molar-refractivity contribution in [3.8, 4) is 0 Å². The fourth-order valence-corrected chi connectivity index (χ4v) is 4.15. The highest BCUT2D eigenvalue weighted by Gasteiger charge is 2.41. The minimum atomic E-state index is -1.01. The van der Waals surface area contributed by atoms with Crippen LogP contribution < -0.4 is 4.90 Å². The summed E-state index contributed by atoms with van der Waals surface area (Å²) in [6.45, 7) is 3.10. The summed E-state index contributed by atoms with van der Waals surface area (Å²) in [6, 6.07) is 3.78. The predicted molar refractivity (Wildman–Crippen MR) is 102 cm³/mol. The van der Waals surface area contributed by atoms with Crippen molar-refractivity contribution >= 4 is 40.6 Å². The van der Waals surface area contributed by atoms with Crippen molar-refractivity contribution in [1.29, 1.82) is 0 Å². The number of rotatable bonds is 4. The van der Waals surface area contributed by atoms with Crippen LogP contribution in [0.1, 0.15) is 31.7 Å². The summed E-state index contributed by atoms with van der Waals surface area (Å²) in [4.78, 5) is 39.3. The van der Waals surface area contributed by atoms with Crippen LogP contribution in [0.2, 0.25) is 0 Å². The van der Waals surface area contributed by atoms with Crippen molar-refractivity contribution in [3.63, 3.8) is 0 Å². The van der Waals surface area contributed by atoms with Crippen LogP contribution in [0.3, 0.4) is 0 Å². The molecule has 2 saturated heterocycles. The Hall–Kier alpha value is -2.35. The van der Waals surface area contributed by atoms with Crippen LogP contribution in [0, 0.1) is 5.82 Å². The number of imide groups is 1. The van der Waals surface area contributed by atoms with E-state index in [0.717, 1.165) is 49.0 Å². The van der Waals surface area contributed by atoms with E-state index in [2.05, 4.69) is 4.74 Å². The molecule has 144 valence electrons. The lowest BCUT2D eigenvalue weighted by Gasteiger charge is -2.29. The maximum atomic E-state index is 14.5. The van der Waals surface area contributed by atoms with E-state index in [1.165, 1.54) is 26.2 Å². The summed E-state index contributed by atoms with van der Waals surface area (Å²) >= 11 is 0.729. The second kappa shape index (κ2) is 8.12. The van der Waals surface area contributed by atoms with Crippen LogP contribution in [0.4, 0.5) is 14.9 Å². The van der Waals surface area contributed by atoms with Crippen LogP contribution in [-0.4, -0.2) is 48.3 Å². The van der Waals surface area contributed by atoms with Gasteiger partial charge in [-0.05, 0) is 61.7 Å². The first-order valence-electron chi connectivity index (χ1n) is 8.81. The molecule has 0 saturated carbocycles. The average molecular weight is 392 g/mol. The fraction of sp³-hybridized carbons (Fsp3) is 0.421. The molecular formula is C19H21FN2O4S. The number of piperidine rings is 1. The molecular weight excluding hydrogens is 371 g/mol. The van der Waals surface area contributed by atoms with E-state index in [0.29, 0.717) is 11.3 Å². The van der Waals surface area contributed by atoms with Gasteiger partial charge in [-0.3, -0.25) is 14.5 Å². The first-order chi connectivity index (χ1) is 12.9.